The Bertz CT molecular complexity index is 650. The maximum atomic E-state index is 12.9. The van der Waals surface area contributed by atoms with Crippen molar-refractivity contribution in [2.75, 3.05) is 0 Å². The lowest BCUT2D eigenvalue weighted by Gasteiger charge is -2.11. The smallest absolute Gasteiger partial charge is 0.275 e. The summed E-state index contributed by atoms with van der Waals surface area (Å²) in [7, 11) is 0. The molecule has 2 N–H and O–H groups in total. The summed E-state index contributed by atoms with van der Waals surface area (Å²) in [5.41, 5.74) is 0.340. The second-order valence-corrected chi connectivity index (χ2v) is 4.74. The third-order valence-electron chi connectivity index (χ3n) is 2.73. The van der Waals surface area contributed by atoms with Crippen LogP contribution in [0, 0.1) is 5.82 Å². The van der Waals surface area contributed by atoms with Gasteiger partial charge in [0.1, 0.15) is 17.3 Å². The molecular formula is C14H16FN3O2. The minimum absolute atomic E-state index is 0.151. The summed E-state index contributed by atoms with van der Waals surface area (Å²) < 4.78 is 14.0. The van der Waals surface area contributed by atoms with Gasteiger partial charge in [0, 0.05) is 18.7 Å². The molecule has 2 rings (SSSR count). The van der Waals surface area contributed by atoms with Gasteiger partial charge in [-0.1, -0.05) is 13.8 Å². The van der Waals surface area contributed by atoms with E-state index in [1.54, 1.807) is 0 Å². The molecule has 1 aromatic heterocycles. The van der Waals surface area contributed by atoms with Crippen LogP contribution in [0.25, 0.3) is 5.69 Å². The Morgan fingerprint density at radius 3 is 2.60 bits per heavy atom. The van der Waals surface area contributed by atoms with E-state index < -0.39 is 5.56 Å². The molecule has 1 heterocycles. The molecule has 0 fully saturated rings. The molecule has 0 aliphatic heterocycles. The summed E-state index contributed by atoms with van der Waals surface area (Å²) in [4.78, 5) is 11.8. The summed E-state index contributed by atoms with van der Waals surface area (Å²) in [6.07, 6.45) is 0. The maximum absolute atomic E-state index is 12.9. The van der Waals surface area contributed by atoms with Crippen molar-refractivity contribution in [2.24, 2.45) is 0 Å². The molecule has 0 unspecified atom stereocenters. The van der Waals surface area contributed by atoms with Crippen molar-refractivity contribution in [3.8, 4) is 11.4 Å². The molecule has 0 amide bonds. The van der Waals surface area contributed by atoms with Gasteiger partial charge in [0.05, 0.1) is 5.69 Å². The lowest BCUT2D eigenvalue weighted by molar-refractivity contribution is 0.447. The number of benzene rings is 1. The predicted octanol–water partition coefficient (Wildman–Crippen LogP) is 1.58. The Morgan fingerprint density at radius 1 is 1.35 bits per heavy atom. The fraction of sp³-hybridized carbons (Fsp3) is 0.286. The molecule has 0 aliphatic rings. The van der Waals surface area contributed by atoms with Crippen molar-refractivity contribution >= 4 is 0 Å². The van der Waals surface area contributed by atoms with Crippen LogP contribution in [-0.2, 0) is 6.54 Å². The third-order valence-corrected chi connectivity index (χ3v) is 2.73. The zero-order valence-electron chi connectivity index (χ0n) is 11.3. The molecule has 6 heteroatoms. The van der Waals surface area contributed by atoms with E-state index in [0.717, 1.165) is 10.7 Å². The van der Waals surface area contributed by atoms with Gasteiger partial charge in [-0.3, -0.25) is 4.79 Å². The van der Waals surface area contributed by atoms with Crippen LogP contribution in [0.4, 0.5) is 4.39 Å². The first kappa shape index (κ1) is 14.2. The van der Waals surface area contributed by atoms with Crippen LogP contribution in [0.1, 0.15) is 19.5 Å². The molecule has 20 heavy (non-hydrogen) atoms. The Balaban J connectivity index is 2.40. The zero-order chi connectivity index (χ0) is 14.7. The number of aromatic nitrogens is 2. The fourth-order valence-electron chi connectivity index (χ4n) is 1.68. The molecule has 0 radical (unpaired) electrons. The highest BCUT2D eigenvalue weighted by molar-refractivity contribution is 5.33. The lowest BCUT2D eigenvalue weighted by atomic mass is 10.3. The molecule has 0 spiro atoms. The minimum Gasteiger partial charge on any atom is -0.506 e. The monoisotopic (exact) mass is 277 g/mol. The van der Waals surface area contributed by atoms with Crippen molar-refractivity contribution in [1.82, 2.24) is 15.1 Å². The molecule has 0 saturated carbocycles. The quantitative estimate of drug-likeness (QED) is 0.890. The molecule has 1 aromatic carbocycles. The molecule has 0 atom stereocenters. The van der Waals surface area contributed by atoms with Crippen molar-refractivity contribution in [1.29, 1.82) is 0 Å². The van der Waals surface area contributed by atoms with Crippen LogP contribution in [0.15, 0.2) is 35.1 Å². The summed E-state index contributed by atoms with van der Waals surface area (Å²) in [6.45, 7) is 4.27. The molecule has 0 saturated heterocycles. The molecular weight excluding hydrogens is 261 g/mol. The van der Waals surface area contributed by atoms with E-state index in [9.17, 15) is 14.3 Å². The molecule has 0 aliphatic carbocycles. The summed E-state index contributed by atoms with van der Waals surface area (Å²) in [6, 6.07) is 6.75. The standard InChI is InChI=1S/C14H16FN3O2/c1-9(2)16-8-12-13(19)7-14(20)18(17-12)11-5-3-10(15)4-6-11/h3-7,9,16,19H,8H2,1-2H3. The average Bonchev–Trinajstić information content (AvgIpc) is 2.39. The Labute approximate surface area is 115 Å². The van der Waals surface area contributed by atoms with Crippen molar-refractivity contribution < 1.29 is 9.50 Å². The average molecular weight is 277 g/mol. The van der Waals surface area contributed by atoms with E-state index in [4.69, 9.17) is 0 Å². The molecule has 0 bridgehead atoms. The van der Waals surface area contributed by atoms with Gasteiger partial charge in [-0.2, -0.15) is 9.78 Å². The van der Waals surface area contributed by atoms with Gasteiger partial charge >= 0.3 is 0 Å². The van der Waals surface area contributed by atoms with E-state index in [0.29, 0.717) is 17.9 Å². The molecule has 2 aromatic rings. The van der Waals surface area contributed by atoms with Crippen LogP contribution in [0.2, 0.25) is 0 Å². The maximum Gasteiger partial charge on any atom is 0.275 e. The van der Waals surface area contributed by atoms with Crippen LogP contribution >= 0.6 is 0 Å². The number of rotatable bonds is 4. The van der Waals surface area contributed by atoms with Gasteiger partial charge in [-0.15, -0.1) is 0 Å². The van der Waals surface area contributed by atoms with Crippen molar-refractivity contribution in [3.63, 3.8) is 0 Å². The van der Waals surface area contributed by atoms with E-state index >= 15 is 0 Å². The van der Waals surface area contributed by atoms with Crippen LogP contribution in [0.3, 0.4) is 0 Å². The summed E-state index contributed by atoms with van der Waals surface area (Å²) in [5, 5.41) is 17.0. The summed E-state index contributed by atoms with van der Waals surface area (Å²) >= 11 is 0. The van der Waals surface area contributed by atoms with Gasteiger partial charge in [0.2, 0.25) is 0 Å². The first-order chi connectivity index (χ1) is 9.47. The number of hydrogen-bond donors (Lipinski definition) is 2. The Kier molecular flexibility index (Phi) is 4.14. The highest BCUT2D eigenvalue weighted by Crippen LogP contribution is 2.13. The number of aromatic hydroxyl groups is 1. The molecule has 106 valence electrons. The Morgan fingerprint density at radius 2 is 2.00 bits per heavy atom. The highest BCUT2D eigenvalue weighted by Gasteiger charge is 2.09. The van der Waals surface area contributed by atoms with Gasteiger partial charge in [-0.25, -0.2) is 4.39 Å². The number of nitrogens with zero attached hydrogens (tertiary/aromatic N) is 2. The number of nitrogens with one attached hydrogen (secondary N) is 1. The topological polar surface area (TPSA) is 67.2 Å². The van der Waals surface area contributed by atoms with Gasteiger partial charge in [0.15, 0.2) is 0 Å². The van der Waals surface area contributed by atoms with E-state index in [1.807, 2.05) is 13.8 Å². The predicted molar refractivity (Wildman–Crippen MR) is 73.4 cm³/mol. The lowest BCUT2D eigenvalue weighted by Crippen LogP contribution is -2.26. The fourth-order valence-corrected chi connectivity index (χ4v) is 1.68. The van der Waals surface area contributed by atoms with E-state index in [2.05, 4.69) is 10.4 Å². The minimum atomic E-state index is -0.470. The highest BCUT2D eigenvalue weighted by atomic mass is 19.1. The van der Waals surface area contributed by atoms with E-state index in [-0.39, 0.29) is 17.6 Å². The number of halogens is 1. The van der Waals surface area contributed by atoms with Crippen molar-refractivity contribution in [2.45, 2.75) is 26.4 Å². The van der Waals surface area contributed by atoms with Crippen LogP contribution in [0.5, 0.6) is 5.75 Å². The zero-order valence-corrected chi connectivity index (χ0v) is 11.3. The second kappa shape index (κ2) is 5.83. The van der Waals surface area contributed by atoms with Gasteiger partial charge in [-0.05, 0) is 24.3 Å². The van der Waals surface area contributed by atoms with Crippen LogP contribution in [-0.4, -0.2) is 20.9 Å². The Hall–Kier alpha value is -2.21. The molecule has 5 nitrogen and oxygen atoms in total. The first-order valence-electron chi connectivity index (χ1n) is 6.29. The van der Waals surface area contributed by atoms with E-state index in [1.165, 1.54) is 24.3 Å². The summed E-state index contributed by atoms with van der Waals surface area (Å²) in [5.74, 6) is -0.538. The second-order valence-electron chi connectivity index (χ2n) is 4.74. The first-order valence-corrected chi connectivity index (χ1v) is 6.29. The van der Waals surface area contributed by atoms with Crippen LogP contribution < -0.4 is 10.9 Å². The number of hydrogen-bond acceptors (Lipinski definition) is 4. The third kappa shape index (κ3) is 3.21. The SMILES string of the molecule is CC(C)NCc1nn(-c2ccc(F)cc2)c(=O)cc1O. The van der Waals surface area contributed by atoms with Crippen molar-refractivity contribution in [3.05, 3.63) is 52.2 Å². The van der Waals surface area contributed by atoms with Gasteiger partial charge in [0.25, 0.3) is 5.56 Å². The normalized spacial score (nSPS) is 11.0. The largest absolute Gasteiger partial charge is 0.506 e. The van der Waals surface area contributed by atoms with Gasteiger partial charge < -0.3 is 10.4 Å².